The van der Waals surface area contributed by atoms with Crippen LogP contribution in [-0.2, 0) is 0 Å². The summed E-state index contributed by atoms with van der Waals surface area (Å²) in [5.41, 5.74) is 2.02. The van der Waals surface area contributed by atoms with Crippen LogP contribution >= 0.6 is 0 Å². The second-order valence-electron chi connectivity index (χ2n) is 6.35. The van der Waals surface area contributed by atoms with Crippen LogP contribution in [0.15, 0.2) is 48.7 Å². The number of amides is 1. The van der Waals surface area contributed by atoms with E-state index in [1.54, 1.807) is 0 Å². The molecule has 2 N–H and O–H groups in total. The van der Waals surface area contributed by atoms with E-state index in [1.807, 2.05) is 24.4 Å². The van der Waals surface area contributed by atoms with Crippen molar-refractivity contribution < 1.29 is 9.78 Å². The lowest BCUT2D eigenvalue weighted by atomic mass is 9.96. The summed E-state index contributed by atoms with van der Waals surface area (Å²) in [6.45, 7) is 4.86. The second kappa shape index (κ2) is 7.95. The maximum atomic E-state index is 12.7. The summed E-state index contributed by atoms with van der Waals surface area (Å²) >= 11 is 0. The highest BCUT2D eigenvalue weighted by Crippen LogP contribution is 2.21. The molecule has 0 spiro atoms. The minimum Gasteiger partial charge on any atom is -0.351 e. The third-order valence-electron chi connectivity index (χ3n) is 4.77. The first-order chi connectivity index (χ1) is 11.8. The quantitative estimate of drug-likeness (QED) is 0.888. The van der Waals surface area contributed by atoms with Gasteiger partial charge >= 0.3 is 0 Å². The van der Waals surface area contributed by atoms with Crippen LogP contribution in [0.5, 0.6) is 0 Å². The molecule has 0 bridgehead atoms. The second-order valence-corrected chi connectivity index (χ2v) is 6.35. The number of nitrogens with zero attached hydrogens (tertiary/aromatic N) is 1. The Balaban J connectivity index is 1.69. The Hall–Kier alpha value is -2.36. The van der Waals surface area contributed by atoms with E-state index in [9.17, 15) is 4.79 Å². The van der Waals surface area contributed by atoms with Gasteiger partial charge in [-0.3, -0.25) is 9.69 Å². The zero-order valence-electron chi connectivity index (χ0n) is 14.3. The number of rotatable bonds is 6. The smallest absolute Gasteiger partial charge is 0.287 e. The lowest BCUT2D eigenvalue weighted by Gasteiger charge is -2.17. The van der Waals surface area contributed by atoms with Gasteiger partial charge in [-0.25, -0.2) is 4.98 Å². The molecular formula is C20H26N3O+. The number of carbonyl (C=O) groups is 1. The molecule has 2 heterocycles. The Morgan fingerprint density at radius 2 is 1.92 bits per heavy atom. The molecule has 1 aromatic carbocycles. The average Bonchev–Trinajstić information content (AvgIpc) is 3.17. The van der Waals surface area contributed by atoms with Gasteiger partial charge in [0.1, 0.15) is 5.56 Å². The van der Waals surface area contributed by atoms with Gasteiger partial charge < -0.3 is 5.32 Å². The van der Waals surface area contributed by atoms with Crippen LogP contribution in [0.2, 0.25) is 0 Å². The van der Waals surface area contributed by atoms with Crippen LogP contribution in [-0.4, -0.2) is 25.5 Å². The normalized spacial score (nSPS) is 15.3. The molecule has 1 aliphatic rings. The van der Waals surface area contributed by atoms with Gasteiger partial charge in [0, 0.05) is 12.5 Å². The molecule has 24 heavy (non-hydrogen) atoms. The number of aromatic nitrogens is 1. The number of hydrogen-bond donors (Lipinski definition) is 1. The lowest BCUT2D eigenvalue weighted by molar-refractivity contribution is -0.364. The summed E-state index contributed by atoms with van der Waals surface area (Å²) in [6, 6.07) is 14.2. The van der Waals surface area contributed by atoms with Gasteiger partial charge in [-0.2, -0.15) is 0 Å². The molecule has 1 aliphatic heterocycles. The number of nitrogens with one attached hydrogen (secondary N) is 2. The molecule has 1 amide bonds. The number of carbonyl (C=O) groups excluding carboxylic acids is 1. The van der Waals surface area contributed by atoms with E-state index in [0.29, 0.717) is 12.5 Å². The van der Waals surface area contributed by atoms with Crippen molar-refractivity contribution in [2.75, 3.05) is 24.5 Å². The van der Waals surface area contributed by atoms with Crippen molar-refractivity contribution in [2.45, 2.75) is 32.1 Å². The molecule has 3 rings (SSSR count). The van der Waals surface area contributed by atoms with Crippen LogP contribution < -0.4 is 15.2 Å². The predicted molar refractivity (Wildman–Crippen MR) is 96.3 cm³/mol. The fourth-order valence-electron chi connectivity index (χ4n) is 3.35. The largest absolute Gasteiger partial charge is 0.351 e. The molecule has 2 aromatic rings. The molecule has 4 heteroatoms. The maximum Gasteiger partial charge on any atom is 0.287 e. The topological polar surface area (TPSA) is 46.5 Å². The van der Waals surface area contributed by atoms with E-state index in [1.165, 1.54) is 18.4 Å². The summed E-state index contributed by atoms with van der Waals surface area (Å²) in [5, 5.41) is 3.13. The van der Waals surface area contributed by atoms with Crippen LogP contribution in [0.4, 0.5) is 5.82 Å². The predicted octanol–water partition coefficient (Wildman–Crippen LogP) is 3.02. The number of anilines is 1. The summed E-state index contributed by atoms with van der Waals surface area (Å²) in [7, 11) is 0. The Bertz CT molecular complexity index is 666. The molecule has 0 unspecified atom stereocenters. The van der Waals surface area contributed by atoms with E-state index in [2.05, 4.69) is 46.4 Å². The number of H-pyrrole nitrogens is 1. The summed E-state index contributed by atoms with van der Waals surface area (Å²) in [5.74, 6) is 1.29. The third-order valence-corrected chi connectivity index (χ3v) is 4.77. The van der Waals surface area contributed by atoms with Crippen molar-refractivity contribution in [3.8, 4) is 0 Å². The molecule has 1 atom stereocenters. The number of benzene rings is 1. The van der Waals surface area contributed by atoms with Crippen molar-refractivity contribution in [2.24, 2.45) is 0 Å². The van der Waals surface area contributed by atoms with Crippen LogP contribution in [0.3, 0.4) is 0 Å². The molecule has 0 aliphatic carbocycles. The third kappa shape index (κ3) is 3.75. The van der Waals surface area contributed by atoms with E-state index in [-0.39, 0.29) is 5.91 Å². The Labute approximate surface area is 143 Å². The SMILES string of the molecule is CC[C@H](CNC(=O)c1ccc[nH+]c1N1CCCC1)c1ccccc1. The van der Waals surface area contributed by atoms with Crippen molar-refractivity contribution >= 4 is 11.7 Å². The molecule has 1 aromatic heterocycles. The Kier molecular flexibility index (Phi) is 5.47. The first kappa shape index (κ1) is 16.5. The number of hydrogen-bond acceptors (Lipinski definition) is 2. The van der Waals surface area contributed by atoms with Crippen molar-refractivity contribution in [3.05, 3.63) is 59.8 Å². The highest BCUT2D eigenvalue weighted by atomic mass is 16.1. The molecule has 4 nitrogen and oxygen atoms in total. The molecule has 1 saturated heterocycles. The first-order valence-corrected chi connectivity index (χ1v) is 8.88. The van der Waals surface area contributed by atoms with Crippen molar-refractivity contribution in [1.29, 1.82) is 0 Å². The number of pyridine rings is 1. The van der Waals surface area contributed by atoms with E-state index in [4.69, 9.17) is 0 Å². The standard InChI is InChI=1S/C20H25N3O/c1-2-16(17-9-4-3-5-10-17)15-22-20(24)18-11-8-12-21-19(18)23-13-6-7-14-23/h3-5,8-12,16H,2,6-7,13-15H2,1H3,(H,22,24)/p+1/t16-/m1/s1. The van der Waals surface area contributed by atoms with E-state index >= 15 is 0 Å². The minimum atomic E-state index is 0.00290. The molecular weight excluding hydrogens is 298 g/mol. The molecule has 0 saturated carbocycles. The van der Waals surface area contributed by atoms with Gasteiger partial charge in [0.25, 0.3) is 11.7 Å². The first-order valence-electron chi connectivity index (χ1n) is 8.88. The van der Waals surface area contributed by atoms with Gasteiger partial charge in [0.15, 0.2) is 0 Å². The van der Waals surface area contributed by atoms with Gasteiger partial charge in [-0.15, -0.1) is 0 Å². The fraction of sp³-hybridized carbons (Fsp3) is 0.400. The van der Waals surface area contributed by atoms with E-state index in [0.717, 1.165) is 30.9 Å². The van der Waals surface area contributed by atoms with Gasteiger partial charge in [-0.1, -0.05) is 37.3 Å². The Morgan fingerprint density at radius 3 is 2.62 bits per heavy atom. The summed E-state index contributed by atoms with van der Waals surface area (Å²) < 4.78 is 0. The number of aromatic amines is 1. The minimum absolute atomic E-state index is 0.00290. The molecule has 126 valence electrons. The Morgan fingerprint density at radius 1 is 1.17 bits per heavy atom. The summed E-state index contributed by atoms with van der Waals surface area (Å²) in [6.07, 6.45) is 5.28. The summed E-state index contributed by atoms with van der Waals surface area (Å²) in [4.78, 5) is 18.2. The highest BCUT2D eigenvalue weighted by Gasteiger charge is 2.26. The monoisotopic (exact) mass is 324 g/mol. The van der Waals surface area contributed by atoms with Crippen LogP contribution in [0.25, 0.3) is 0 Å². The fourth-order valence-corrected chi connectivity index (χ4v) is 3.35. The van der Waals surface area contributed by atoms with Gasteiger partial charge in [0.2, 0.25) is 0 Å². The van der Waals surface area contributed by atoms with Gasteiger partial charge in [0.05, 0.1) is 19.3 Å². The highest BCUT2D eigenvalue weighted by molar-refractivity contribution is 5.98. The maximum absolute atomic E-state index is 12.7. The lowest BCUT2D eigenvalue weighted by Crippen LogP contribution is -2.33. The zero-order valence-corrected chi connectivity index (χ0v) is 14.3. The van der Waals surface area contributed by atoms with Crippen molar-refractivity contribution in [3.63, 3.8) is 0 Å². The van der Waals surface area contributed by atoms with Crippen molar-refractivity contribution in [1.82, 2.24) is 5.32 Å². The zero-order chi connectivity index (χ0) is 16.8. The molecule has 1 fully saturated rings. The molecule has 0 radical (unpaired) electrons. The average molecular weight is 324 g/mol. The van der Waals surface area contributed by atoms with E-state index < -0.39 is 0 Å². The van der Waals surface area contributed by atoms with Crippen LogP contribution in [0.1, 0.15) is 48.0 Å². The van der Waals surface area contributed by atoms with Crippen LogP contribution in [0, 0.1) is 0 Å². The van der Waals surface area contributed by atoms with Gasteiger partial charge in [-0.05, 0) is 37.0 Å².